The predicted octanol–water partition coefficient (Wildman–Crippen LogP) is 2.80. The summed E-state index contributed by atoms with van der Waals surface area (Å²) in [5.41, 5.74) is -0.792. The van der Waals surface area contributed by atoms with Gasteiger partial charge < -0.3 is 15.0 Å². The lowest BCUT2D eigenvalue weighted by Gasteiger charge is -2.26. The number of ether oxygens (including phenoxy) is 1. The lowest BCUT2D eigenvalue weighted by Crippen LogP contribution is -2.43. The Hall–Kier alpha value is -2.49. The predicted molar refractivity (Wildman–Crippen MR) is 112 cm³/mol. The topological polar surface area (TPSA) is 106 Å². The third kappa shape index (κ3) is 4.26. The van der Waals surface area contributed by atoms with Gasteiger partial charge in [-0.2, -0.15) is 0 Å². The van der Waals surface area contributed by atoms with Gasteiger partial charge in [0, 0.05) is 29.8 Å². The molecule has 10 heteroatoms. The lowest BCUT2D eigenvalue weighted by atomic mass is 9.92. The molecular weight excluding hydrogens is 416 g/mol. The Balaban J connectivity index is 1.78. The van der Waals surface area contributed by atoms with E-state index in [0.717, 1.165) is 17.4 Å². The van der Waals surface area contributed by atoms with Crippen molar-refractivity contribution in [2.24, 2.45) is 5.92 Å². The van der Waals surface area contributed by atoms with Crippen molar-refractivity contribution in [3.63, 3.8) is 0 Å². The number of hydrogen-bond donors (Lipinski definition) is 2. The fourth-order valence-corrected chi connectivity index (χ4v) is 4.29. The molecule has 152 valence electrons. The van der Waals surface area contributed by atoms with Gasteiger partial charge in [0.2, 0.25) is 5.91 Å². The normalized spacial score (nSPS) is 16.0. The number of H-pyrrole nitrogens is 1. The lowest BCUT2D eigenvalue weighted by molar-refractivity contribution is -0.120. The van der Waals surface area contributed by atoms with E-state index in [0.29, 0.717) is 35.3 Å². The minimum Gasteiger partial charge on any atom is -0.381 e. The largest absolute Gasteiger partial charge is 0.381 e. The van der Waals surface area contributed by atoms with Crippen molar-refractivity contribution in [3.8, 4) is 0 Å². The van der Waals surface area contributed by atoms with Crippen LogP contribution in [0.3, 0.4) is 0 Å². The van der Waals surface area contributed by atoms with Crippen LogP contribution in [0.4, 0.5) is 5.13 Å². The molecule has 1 unspecified atom stereocenters. The molecule has 8 nitrogen and oxygen atoms in total. The second kappa shape index (κ2) is 8.48. The van der Waals surface area contributed by atoms with E-state index >= 15 is 0 Å². The number of fused-ring (bicyclic) bond motifs is 1. The Bertz CT molecular complexity index is 1140. The Morgan fingerprint density at radius 3 is 2.90 bits per heavy atom. The standard InChI is InChI=1S/C19H19ClN4O4S/c20-12-1-2-14-13(10-12)17(26)24(19(27)22-14)15(9-11-3-6-28-7-4-11)16(25)23-18-21-5-8-29-18/h1-2,5,8,10-11,15H,3-4,6-7,9H2,(H,22,27)(H,21,23,25). The van der Waals surface area contributed by atoms with E-state index in [2.05, 4.69) is 15.3 Å². The molecule has 3 heterocycles. The molecule has 2 aromatic heterocycles. The molecule has 1 saturated heterocycles. The van der Waals surface area contributed by atoms with Gasteiger partial charge in [0.05, 0.1) is 10.9 Å². The molecule has 0 saturated carbocycles. The quantitative estimate of drug-likeness (QED) is 0.642. The van der Waals surface area contributed by atoms with Gasteiger partial charge in [-0.15, -0.1) is 11.3 Å². The molecule has 0 bridgehead atoms. The van der Waals surface area contributed by atoms with E-state index in [-0.39, 0.29) is 11.3 Å². The summed E-state index contributed by atoms with van der Waals surface area (Å²) in [7, 11) is 0. The van der Waals surface area contributed by atoms with Gasteiger partial charge in [-0.1, -0.05) is 11.6 Å². The van der Waals surface area contributed by atoms with Crippen molar-refractivity contribution < 1.29 is 9.53 Å². The van der Waals surface area contributed by atoms with E-state index in [1.807, 2.05) is 0 Å². The van der Waals surface area contributed by atoms with Crippen molar-refractivity contribution in [2.75, 3.05) is 18.5 Å². The zero-order valence-electron chi connectivity index (χ0n) is 15.4. The van der Waals surface area contributed by atoms with Gasteiger partial charge in [0.25, 0.3) is 5.56 Å². The smallest absolute Gasteiger partial charge is 0.329 e. The summed E-state index contributed by atoms with van der Waals surface area (Å²) in [6.45, 7) is 1.20. The summed E-state index contributed by atoms with van der Waals surface area (Å²) < 4.78 is 6.39. The second-order valence-corrected chi connectivity index (χ2v) is 8.26. The first-order chi connectivity index (χ1) is 14.0. The van der Waals surface area contributed by atoms with Crippen LogP contribution < -0.4 is 16.6 Å². The molecule has 1 aliphatic heterocycles. The van der Waals surface area contributed by atoms with Crippen molar-refractivity contribution >= 4 is 44.9 Å². The van der Waals surface area contributed by atoms with E-state index in [9.17, 15) is 14.4 Å². The van der Waals surface area contributed by atoms with E-state index in [1.54, 1.807) is 23.7 Å². The number of aromatic nitrogens is 3. The molecule has 1 aliphatic rings. The molecule has 1 atom stereocenters. The number of hydrogen-bond acceptors (Lipinski definition) is 6. The van der Waals surface area contributed by atoms with Crippen LogP contribution in [0.25, 0.3) is 10.9 Å². The summed E-state index contributed by atoms with van der Waals surface area (Å²) in [5, 5.41) is 5.51. The van der Waals surface area contributed by atoms with Crippen LogP contribution in [0.15, 0.2) is 39.4 Å². The highest BCUT2D eigenvalue weighted by molar-refractivity contribution is 7.13. The zero-order valence-corrected chi connectivity index (χ0v) is 17.0. The SMILES string of the molecule is O=C(Nc1nccs1)C(CC1CCOCC1)n1c(=O)[nH]c2ccc(Cl)cc2c1=O. The number of benzene rings is 1. The first-order valence-corrected chi connectivity index (χ1v) is 10.5. The minimum absolute atomic E-state index is 0.164. The maximum absolute atomic E-state index is 13.2. The van der Waals surface area contributed by atoms with Crippen LogP contribution in [0, 0.1) is 5.92 Å². The molecule has 2 N–H and O–H groups in total. The van der Waals surface area contributed by atoms with Crippen LogP contribution in [0.2, 0.25) is 5.02 Å². The highest BCUT2D eigenvalue weighted by atomic mass is 35.5. The number of nitrogens with zero attached hydrogens (tertiary/aromatic N) is 2. The number of nitrogens with one attached hydrogen (secondary N) is 2. The Morgan fingerprint density at radius 1 is 1.38 bits per heavy atom. The average Bonchev–Trinajstić information content (AvgIpc) is 3.21. The number of carbonyl (C=O) groups is 1. The highest BCUT2D eigenvalue weighted by Crippen LogP contribution is 2.26. The zero-order chi connectivity index (χ0) is 20.4. The van der Waals surface area contributed by atoms with Gasteiger partial charge in [-0.05, 0) is 43.4 Å². The van der Waals surface area contributed by atoms with Crippen molar-refractivity contribution in [3.05, 3.63) is 55.6 Å². The molecule has 0 radical (unpaired) electrons. The van der Waals surface area contributed by atoms with Crippen LogP contribution in [-0.4, -0.2) is 33.7 Å². The van der Waals surface area contributed by atoms with Crippen LogP contribution in [0.1, 0.15) is 25.3 Å². The van der Waals surface area contributed by atoms with Crippen LogP contribution in [-0.2, 0) is 9.53 Å². The summed E-state index contributed by atoms with van der Waals surface area (Å²) in [6.07, 6.45) is 3.47. The van der Waals surface area contributed by atoms with Gasteiger partial charge in [-0.3, -0.25) is 9.59 Å². The molecule has 0 spiro atoms. The second-order valence-electron chi connectivity index (χ2n) is 6.93. The molecular formula is C19H19ClN4O4S. The number of aromatic amines is 1. The Kier molecular flexibility index (Phi) is 5.79. The van der Waals surface area contributed by atoms with Crippen molar-refractivity contribution in [1.82, 2.24) is 14.5 Å². The summed E-state index contributed by atoms with van der Waals surface area (Å²) >= 11 is 7.30. The number of amides is 1. The van der Waals surface area contributed by atoms with E-state index in [1.165, 1.54) is 17.4 Å². The van der Waals surface area contributed by atoms with E-state index < -0.39 is 23.2 Å². The minimum atomic E-state index is -0.971. The molecule has 4 rings (SSSR count). The fourth-order valence-electron chi connectivity index (χ4n) is 3.58. The third-order valence-corrected chi connectivity index (χ3v) is 5.99. The summed E-state index contributed by atoms with van der Waals surface area (Å²) in [4.78, 5) is 45.8. The Morgan fingerprint density at radius 2 is 2.17 bits per heavy atom. The molecule has 1 amide bonds. The van der Waals surface area contributed by atoms with Crippen molar-refractivity contribution in [1.29, 1.82) is 0 Å². The van der Waals surface area contributed by atoms with Gasteiger partial charge >= 0.3 is 5.69 Å². The maximum atomic E-state index is 13.2. The van der Waals surface area contributed by atoms with Gasteiger partial charge in [0.15, 0.2) is 5.13 Å². The van der Waals surface area contributed by atoms with E-state index in [4.69, 9.17) is 16.3 Å². The first kappa shape index (κ1) is 19.8. The van der Waals surface area contributed by atoms with Crippen LogP contribution >= 0.6 is 22.9 Å². The molecule has 1 fully saturated rings. The number of halogens is 1. The maximum Gasteiger partial charge on any atom is 0.329 e. The molecule has 0 aliphatic carbocycles. The number of thiazole rings is 1. The average molecular weight is 435 g/mol. The Labute approximate surface area is 174 Å². The third-order valence-electron chi connectivity index (χ3n) is 5.07. The number of anilines is 1. The first-order valence-electron chi connectivity index (χ1n) is 9.25. The monoisotopic (exact) mass is 434 g/mol. The van der Waals surface area contributed by atoms with Gasteiger partial charge in [0.1, 0.15) is 6.04 Å². The van der Waals surface area contributed by atoms with Gasteiger partial charge in [-0.25, -0.2) is 14.3 Å². The summed E-state index contributed by atoms with van der Waals surface area (Å²) in [6, 6.07) is 3.70. The molecule has 29 heavy (non-hydrogen) atoms. The fraction of sp³-hybridized carbons (Fsp3) is 0.368. The van der Waals surface area contributed by atoms with Crippen molar-refractivity contribution in [2.45, 2.75) is 25.3 Å². The number of rotatable bonds is 5. The highest BCUT2D eigenvalue weighted by Gasteiger charge is 2.29. The number of carbonyl (C=O) groups excluding carboxylic acids is 1. The molecule has 1 aromatic carbocycles. The summed E-state index contributed by atoms with van der Waals surface area (Å²) in [5.74, 6) is -0.280. The molecule has 3 aromatic rings. The van der Waals surface area contributed by atoms with Crippen LogP contribution in [0.5, 0.6) is 0 Å².